The molecule has 0 spiro atoms. The minimum atomic E-state index is -0.103. The Morgan fingerprint density at radius 1 is 1.24 bits per heavy atom. The molecule has 0 radical (unpaired) electrons. The predicted octanol–water partition coefficient (Wildman–Crippen LogP) is 4.08. The van der Waals surface area contributed by atoms with Gasteiger partial charge in [0.1, 0.15) is 5.82 Å². The molecular formula is C15H24FN. The molecule has 0 saturated heterocycles. The Kier molecular flexibility index (Phi) is 5.13. The number of benzene rings is 1. The lowest BCUT2D eigenvalue weighted by atomic mass is 9.85. The molecule has 1 aromatic carbocycles. The van der Waals surface area contributed by atoms with Crippen LogP contribution in [-0.2, 0) is 0 Å². The Hall–Kier alpha value is -0.890. The molecule has 0 aromatic heterocycles. The maximum absolute atomic E-state index is 13.9. The van der Waals surface area contributed by atoms with Crippen LogP contribution in [0.5, 0.6) is 0 Å². The fraction of sp³-hybridized carbons (Fsp3) is 0.600. The van der Waals surface area contributed by atoms with Crippen LogP contribution in [0.1, 0.15) is 44.9 Å². The molecule has 0 amide bonds. The topological polar surface area (TPSA) is 12.0 Å². The molecule has 1 nitrogen and oxygen atoms in total. The van der Waals surface area contributed by atoms with Gasteiger partial charge in [-0.3, -0.25) is 0 Å². The van der Waals surface area contributed by atoms with Gasteiger partial charge in [-0.2, -0.15) is 0 Å². The van der Waals surface area contributed by atoms with Crippen LogP contribution in [0.2, 0.25) is 0 Å². The molecule has 0 aliphatic heterocycles. The molecule has 1 N–H and O–H groups in total. The Bertz CT molecular complexity index is 360. The lowest BCUT2D eigenvalue weighted by Crippen LogP contribution is -2.30. The Morgan fingerprint density at radius 2 is 1.88 bits per heavy atom. The van der Waals surface area contributed by atoms with Crippen molar-refractivity contribution in [3.63, 3.8) is 0 Å². The van der Waals surface area contributed by atoms with Crippen molar-refractivity contribution in [3.05, 3.63) is 35.1 Å². The number of hydrogen-bond donors (Lipinski definition) is 1. The van der Waals surface area contributed by atoms with E-state index in [4.69, 9.17) is 0 Å². The van der Waals surface area contributed by atoms with E-state index < -0.39 is 0 Å². The fourth-order valence-electron chi connectivity index (χ4n) is 2.09. The third-order valence-electron chi connectivity index (χ3n) is 3.49. The predicted molar refractivity (Wildman–Crippen MR) is 71.6 cm³/mol. The first-order valence-corrected chi connectivity index (χ1v) is 6.46. The lowest BCUT2D eigenvalue weighted by molar-refractivity contribution is 0.301. The lowest BCUT2D eigenvalue weighted by Gasteiger charge is -2.28. The summed E-state index contributed by atoms with van der Waals surface area (Å²) in [5.74, 6) is 0.833. The average Bonchev–Trinajstić information content (AvgIpc) is 2.28. The summed E-state index contributed by atoms with van der Waals surface area (Å²) in [6, 6.07) is 5.45. The molecule has 0 aliphatic rings. The van der Waals surface area contributed by atoms with Crippen LogP contribution in [0.15, 0.2) is 18.2 Å². The summed E-state index contributed by atoms with van der Waals surface area (Å²) in [6.45, 7) is 11.5. The zero-order chi connectivity index (χ0) is 13.0. The molecule has 1 rings (SSSR count). The Morgan fingerprint density at radius 3 is 2.41 bits per heavy atom. The summed E-state index contributed by atoms with van der Waals surface area (Å²) in [6.07, 6.45) is 0. The van der Waals surface area contributed by atoms with E-state index in [9.17, 15) is 4.39 Å². The average molecular weight is 237 g/mol. The second kappa shape index (κ2) is 6.15. The first kappa shape index (κ1) is 14.2. The van der Waals surface area contributed by atoms with E-state index in [1.807, 2.05) is 19.1 Å². The van der Waals surface area contributed by atoms with Gasteiger partial charge in [0.2, 0.25) is 0 Å². The fourth-order valence-corrected chi connectivity index (χ4v) is 2.09. The van der Waals surface area contributed by atoms with Crippen LogP contribution < -0.4 is 5.32 Å². The molecule has 96 valence electrons. The van der Waals surface area contributed by atoms with Crippen molar-refractivity contribution in [2.45, 2.75) is 40.7 Å². The van der Waals surface area contributed by atoms with Crippen LogP contribution >= 0.6 is 0 Å². The molecular weight excluding hydrogens is 213 g/mol. The molecule has 1 aromatic rings. The van der Waals surface area contributed by atoms with Crippen LogP contribution in [0.4, 0.5) is 4.39 Å². The first-order valence-electron chi connectivity index (χ1n) is 6.46. The second-order valence-corrected chi connectivity index (χ2v) is 5.16. The number of hydrogen-bond acceptors (Lipinski definition) is 1. The van der Waals surface area contributed by atoms with Gasteiger partial charge in [-0.1, -0.05) is 45.4 Å². The van der Waals surface area contributed by atoms with Crippen molar-refractivity contribution in [2.75, 3.05) is 6.54 Å². The Balaban J connectivity index is 3.08. The summed E-state index contributed by atoms with van der Waals surface area (Å²) in [4.78, 5) is 0. The maximum Gasteiger partial charge on any atom is 0.128 e. The molecule has 0 saturated carbocycles. The van der Waals surface area contributed by atoms with Crippen molar-refractivity contribution >= 4 is 0 Å². The van der Waals surface area contributed by atoms with Crippen molar-refractivity contribution in [2.24, 2.45) is 11.8 Å². The molecule has 2 heteroatoms. The summed E-state index contributed by atoms with van der Waals surface area (Å²) >= 11 is 0. The van der Waals surface area contributed by atoms with Crippen LogP contribution in [0, 0.1) is 24.6 Å². The van der Waals surface area contributed by atoms with E-state index in [-0.39, 0.29) is 11.9 Å². The summed E-state index contributed by atoms with van der Waals surface area (Å²) in [7, 11) is 0. The standard InChI is InChI=1S/C15H24FN/c1-6-17-15(12(5)10(2)3)13-9-11(4)7-8-14(13)16/h7-10,12,15,17H,6H2,1-5H3. The quantitative estimate of drug-likeness (QED) is 0.813. The number of rotatable bonds is 5. The highest BCUT2D eigenvalue weighted by Gasteiger charge is 2.23. The van der Waals surface area contributed by atoms with E-state index in [0.717, 1.165) is 17.7 Å². The molecule has 2 unspecified atom stereocenters. The van der Waals surface area contributed by atoms with E-state index >= 15 is 0 Å². The Labute approximate surface area is 104 Å². The molecule has 0 fully saturated rings. The summed E-state index contributed by atoms with van der Waals surface area (Å²) < 4.78 is 13.9. The van der Waals surface area contributed by atoms with E-state index in [2.05, 4.69) is 33.0 Å². The number of nitrogens with one attached hydrogen (secondary N) is 1. The number of halogens is 1. The van der Waals surface area contributed by atoms with Gasteiger partial charge in [-0.05, 0) is 31.4 Å². The highest BCUT2D eigenvalue weighted by Crippen LogP contribution is 2.29. The zero-order valence-electron chi connectivity index (χ0n) is 11.5. The van der Waals surface area contributed by atoms with Crippen molar-refractivity contribution in [3.8, 4) is 0 Å². The third kappa shape index (κ3) is 3.53. The number of aryl methyl sites for hydroxylation is 1. The van der Waals surface area contributed by atoms with Crippen LogP contribution in [0.25, 0.3) is 0 Å². The molecule has 0 bridgehead atoms. The molecule has 2 atom stereocenters. The monoisotopic (exact) mass is 237 g/mol. The SMILES string of the molecule is CCNC(c1cc(C)ccc1F)C(C)C(C)C. The van der Waals surface area contributed by atoms with Crippen LogP contribution in [-0.4, -0.2) is 6.54 Å². The van der Waals surface area contributed by atoms with Crippen molar-refractivity contribution < 1.29 is 4.39 Å². The van der Waals surface area contributed by atoms with Gasteiger partial charge >= 0.3 is 0 Å². The van der Waals surface area contributed by atoms with Gasteiger partial charge in [-0.25, -0.2) is 4.39 Å². The van der Waals surface area contributed by atoms with E-state index in [0.29, 0.717) is 11.8 Å². The van der Waals surface area contributed by atoms with Gasteiger partial charge < -0.3 is 5.32 Å². The van der Waals surface area contributed by atoms with E-state index in [1.54, 1.807) is 6.07 Å². The minimum absolute atomic E-state index is 0.0971. The van der Waals surface area contributed by atoms with Gasteiger partial charge in [0.25, 0.3) is 0 Å². The van der Waals surface area contributed by atoms with E-state index in [1.165, 1.54) is 0 Å². The minimum Gasteiger partial charge on any atom is -0.310 e. The summed E-state index contributed by atoms with van der Waals surface area (Å²) in [5, 5.41) is 3.41. The normalized spacial score (nSPS) is 15.0. The zero-order valence-corrected chi connectivity index (χ0v) is 11.5. The second-order valence-electron chi connectivity index (χ2n) is 5.16. The molecule has 17 heavy (non-hydrogen) atoms. The largest absolute Gasteiger partial charge is 0.310 e. The van der Waals surface area contributed by atoms with Crippen molar-refractivity contribution in [1.82, 2.24) is 5.32 Å². The maximum atomic E-state index is 13.9. The van der Waals surface area contributed by atoms with Crippen molar-refractivity contribution in [1.29, 1.82) is 0 Å². The highest BCUT2D eigenvalue weighted by atomic mass is 19.1. The smallest absolute Gasteiger partial charge is 0.128 e. The molecule has 0 aliphatic carbocycles. The molecule has 0 heterocycles. The third-order valence-corrected chi connectivity index (χ3v) is 3.49. The van der Waals surface area contributed by atoms with Gasteiger partial charge in [0.15, 0.2) is 0 Å². The summed E-state index contributed by atoms with van der Waals surface area (Å²) in [5.41, 5.74) is 1.91. The van der Waals surface area contributed by atoms with Gasteiger partial charge in [0.05, 0.1) is 0 Å². The van der Waals surface area contributed by atoms with Crippen LogP contribution in [0.3, 0.4) is 0 Å². The van der Waals surface area contributed by atoms with Gasteiger partial charge in [-0.15, -0.1) is 0 Å². The van der Waals surface area contributed by atoms with Gasteiger partial charge in [0, 0.05) is 11.6 Å². The first-order chi connectivity index (χ1) is 7.97. The highest BCUT2D eigenvalue weighted by molar-refractivity contribution is 5.27.